The minimum absolute atomic E-state index is 0.128. The monoisotopic (exact) mass is 604 g/mol. The number of carbonyl (C=O) groups is 2. The van der Waals surface area contributed by atoms with Gasteiger partial charge in [-0.3, -0.25) is 9.59 Å². The van der Waals surface area contributed by atoms with Crippen LogP contribution in [-0.4, -0.2) is 25.2 Å². The van der Waals surface area contributed by atoms with Crippen molar-refractivity contribution < 1.29 is 19.1 Å². The molecule has 0 saturated heterocycles. The third-order valence-corrected chi connectivity index (χ3v) is 7.36. The van der Waals surface area contributed by atoms with Crippen LogP contribution < -0.4 is 10.6 Å². The summed E-state index contributed by atoms with van der Waals surface area (Å²) in [6.07, 6.45) is 1.43. The number of unbranched alkanes of at least 4 members (excludes halogenated alkanes) is 1. The van der Waals surface area contributed by atoms with E-state index >= 15 is 0 Å². The lowest BCUT2D eigenvalue weighted by Crippen LogP contribution is -2.13. The summed E-state index contributed by atoms with van der Waals surface area (Å²) in [6.45, 7) is 4.45. The predicted molar refractivity (Wildman–Crippen MR) is 170 cm³/mol. The molecule has 0 amide bonds. The number of hydrogen-bond acceptors (Lipinski definition) is 6. The zero-order valence-corrected chi connectivity index (χ0v) is 25.2. The van der Waals surface area contributed by atoms with Crippen LogP contribution in [0, 0.1) is 13.8 Å². The second-order valence-electron chi connectivity index (χ2n) is 9.93. The first kappa shape index (κ1) is 30.9. The van der Waals surface area contributed by atoms with Crippen molar-refractivity contribution in [2.24, 2.45) is 0 Å². The molecule has 0 aliphatic carbocycles. The van der Waals surface area contributed by atoms with Gasteiger partial charge < -0.3 is 20.1 Å². The van der Waals surface area contributed by atoms with E-state index in [1.807, 2.05) is 98.8 Å². The molecule has 4 rings (SSSR count). The smallest absolute Gasteiger partial charge is 0.310 e. The van der Waals surface area contributed by atoms with Crippen LogP contribution in [0.5, 0.6) is 0 Å². The normalized spacial score (nSPS) is 10.7. The van der Waals surface area contributed by atoms with Gasteiger partial charge in [-0.1, -0.05) is 83.9 Å². The molecule has 4 aromatic carbocycles. The van der Waals surface area contributed by atoms with E-state index in [9.17, 15) is 9.59 Å². The number of benzene rings is 4. The van der Waals surface area contributed by atoms with E-state index in [2.05, 4.69) is 10.6 Å². The zero-order valence-electron chi connectivity index (χ0n) is 23.7. The Balaban J connectivity index is 1.19. The molecule has 0 fully saturated rings. The molecule has 8 heteroatoms. The van der Waals surface area contributed by atoms with Crippen molar-refractivity contribution in [3.8, 4) is 0 Å². The van der Waals surface area contributed by atoms with Gasteiger partial charge in [0.15, 0.2) is 0 Å². The summed E-state index contributed by atoms with van der Waals surface area (Å²) < 4.78 is 10.9. The van der Waals surface area contributed by atoms with Gasteiger partial charge in [-0.15, -0.1) is 0 Å². The quantitative estimate of drug-likeness (QED) is 0.117. The fourth-order valence-electron chi connectivity index (χ4n) is 4.43. The lowest BCUT2D eigenvalue weighted by atomic mass is 10.1. The summed E-state index contributed by atoms with van der Waals surface area (Å²) in [5.41, 5.74) is 6.87. The number of rotatable bonds is 13. The third kappa shape index (κ3) is 8.75. The molecular weight excluding hydrogens is 571 g/mol. The average molecular weight is 606 g/mol. The maximum atomic E-state index is 12.5. The van der Waals surface area contributed by atoms with E-state index in [1.54, 1.807) is 0 Å². The Bertz CT molecular complexity index is 1380. The maximum absolute atomic E-state index is 12.5. The molecule has 4 aromatic rings. The maximum Gasteiger partial charge on any atom is 0.310 e. The van der Waals surface area contributed by atoms with E-state index in [1.165, 1.54) is 0 Å². The number of aryl methyl sites for hydroxylation is 2. The highest BCUT2D eigenvalue weighted by Crippen LogP contribution is 2.31. The third-order valence-electron chi connectivity index (χ3n) is 6.73. The fraction of sp³-hybridized carbons (Fsp3) is 0.235. The molecule has 0 saturated carbocycles. The molecule has 0 spiro atoms. The number of hydrogen-bond donors (Lipinski definition) is 2. The number of carbonyl (C=O) groups excluding carboxylic acids is 2. The Morgan fingerprint density at radius 2 is 1.00 bits per heavy atom. The highest BCUT2D eigenvalue weighted by atomic mass is 35.5. The van der Waals surface area contributed by atoms with Crippen molar-refractivity contribution in [3.63, 3.8) is 0 Å². The average Bonchev–Trinajstić information content (AvgIpc) is 2.96. The van der Waals surface area contributed by atoms with E-state index in [0.29, 0.717) is 22.9 Å². The standard InChI is InChI=1S/C34H34Cl2N2O4/c1-23-11-9-15-27(35)33(23)37-29-17-5-3-13-25(29)21-31(39)41-19-7-8-20-42-32(40)22-26-14-4-6-18-30(26)38-34-24(2)12-10-16-28(34)36/h3-6,9-18,37-38H,7-8,19-22H2,1-2H3. The van der Waals surface area contributed by atoms with Crippen molar-refractivity contribution >= 4 is 57.9 Å². The van der Waals surface area contributed by atoms with Gasteiger partial charge >= 0.3 is 11.9 Å². The predicted octanol–water partition coefficient (Wildman–Crippen LogP) is 8.75. The Morgan fingerprint density at radius 3 is 1.40 bits per heavy atom. The van der Waals surface area contributed by atoms with Crippen LogP contribution in [0.4, 0.5) is 22.7 Å². The van der Waals surface area contributed by atoms with Crippen molar-refractivity contribution in [3.05, 3.63) is 117 Å². The number of nitrogens with one attached hydrogen (secondary N) is 2. The van der Waals surface area contributed by atoms with Gasteiger partial charge in [-0.05, 0) is 73.2 Å². The first-order valence-corrected chi connectivity index (χ1v) is 14.6. The van der Waals surface area contributed by atoms with Crippen LogP contribution in [0.25, 0.3) is 0 Å². The van der Waals surface area contributed by atoms with Gasteiger partial charge in [-0.2, -0.15) is 0 Å². The molecule has 0 aromatic heterocycles. The molecule has 42 heavy (non-hydrogen) atoms. The first-order valence-electron chi connectivity index (χ1n) is 13.8. The van der Waals surface area contributed by atoms with Crippen molar-refractivity contribution in [2.45, 2.75) is 39.5 Å². The van der Waals surface area contributed by atoms with Crippen molar-refractivity contribution in [1.82, 2.24) is 0 Å². The number of para-hydroxylation sites is 4. The molecule has 2 N–H and O–H groups in total. The van der Waals surface area contributed by atoms with Gasteiger partial charge in [0.2, 0.25) is 0 Å². The van der Waals surface area contributed by atoms with Gasteiger partial charge in [-0.25, -0.2) is 0 Å². The van der Waals surface area contributed by atoms with Crippen LogP contribution in [0.1, 0.15) is 35.1 Å². The van der Waals surface area contributed by atoms with Crippen LogP contribution in [0.15, 0.2) is 84.9 Å². The Kier molecular flexibility index (Phi) is 11.3. The number of esters is 2. The summed E-state index contributed by atoms with van der Waals surface area (Å²) in [5.74, 6) is -0.648. The molecule has 0 aliphatic heterocycles. The summed E-state index contributed by atoms with van der Waals surface area (Å²) >= 11 is 12.7. The van der Waals surface area contributed by atoms with E-state index in [-0.39, 0.29) is 38.0 Å². The van der Waals surface area contributed by atoms with E-state index in [4.69, 9.17) is 32.7 Å². The van der Waals surface area contributed by atoms with Gasteiger partial charge in [0.25, 0.3) is 0 Å². The molecular formula is C34H34Cl2N2O4. The van der Waals surface area contributed by atoms with Crippen molar-refractivity contribution in [1.29, 1.82) is 0 Å². The Labute approximate surface area is 257 Å². The molecule has 0 heterocycles. The minimum atomic E-state index is -0.324. The SMILES string of the molecule is Cc1cccc(Cl)c1Nc1ccccc1CC(=O)OCCCCOC(=O)Cc1ccccc1Nc1c(C)cccc1Cl. The second-order valence-corrected chi connectivity index (χ2v) is 10.7. The van der Waals surface area contributed by atoms with Crippen molar-refractivity contribution in [2.75, 3.05) is 23.8 Å². The van der Waals surface area contributed by atoms with Crippen LogP contribution >= 0.6 is 23.2 Å². The van der Waals surface area contributed by atoms with Crippen LogP contribution in [-0.2, 0) is 31.9 Å². The van der Waals surface area contributed by atoms with Gasteiger partial charge in [0, 0.05) is 11.4 Å². The highest BCUT2D eigenvalue weighted by molar-refractivity contribution is 6.34. The number of ether oxygens (including phenoxy) is 2. The molecule has 0 atom stereocenters. The molecule has 0 bridgehead atoms. The fourth-order valence-corrected chi connectivity index (χ4v) is 4.97. The van der Waals surface area contributed by atoms with Gasteiger partial charge in [0.05, 0.1) is 47.5 Å². The summed E-state index contributed by atoms with van der Waals surface area (Å²) in [7, 11) is 0. The second kappa shape index (κ2) is 15.3. The molecule has 6 nitrogen and oxygen atoms in total. The first-order chi connectivity index (χ1) is 20.3. The summed E-state index contributed by atoms with van der Waals surface area (Å²) in [5, 5.41) is 7.92. The van der Waals surface area contributed by atoms with Crippen LogP contribution in [0.3, 0.4) is 0 Å². The summed E-state index contributed by atoms with van der Waals surface area (Å²) in [4.78, 5) is 25.0. The molecule has 218 valence electrons. The lowest BCUT2D eigenvalue weighted by molar-refractivity contribution is -0.145. The lowest BCUT2D eigenvalue weighted by Gasteiger charge is -2.15. The molecule has 0 aliphatic rings. The Hall–Kier alpha value is -4.00. The van der Waals surface area contributed by atoms with E-state index in [0.717, 1.165) is 45.0 Å². The number of halogens is 2. The summed E-state index contributed by atoms with van der Waals surface area (Å²) in [6, 6.07) is 26.6. The number of anilines is 4. The van der Waals surface area contributed by atoms with Gasteiger partial charge in [0.1, 0.15) is 0 Å². The molecule has 0 unspecified atom stereocenters. The largest absolute Gasteiger partial charge is 0.465 e. The highest BCUT2D eigenvalue weighted by Gasteiger charge is 2.13. The molecule has 0 radical (unpaired) electrons. The van der Waals surface area contributed by atoms with E-state index < -0.39 is 0 Å². The van der Waals surface area contributed by atoms with Crippen LogP contribution in [0.2, 0.25) is 10.0 Å². The topological polar surface area (TPSA) is 76.7 Å². The zero-order chi connectivity index (χ0) is 29.9. The Morgan fingerprint density at radius 1 is 0.595 bits per heavy atom. The minimum Gasteiger partial charge on any atom is -0.465 e.